The SMILES string of the molecule is C=CCC.C=Cc1ccc(C(Cl)(c2ccccc2)c2ccccc2Cl)cc1. The van der Waals surface area contributed by atoms with E-state index < -0.39 is 4.87 Å². The molecule has 0 N–H and O–H groups in total. The largest absolute Gasteiger partial charge is 0.121 e. The Morgan fingerprint density at radius 3 is 1.85 bits per heavy atom. The van der Waals surface area contributed by atoms with Crippen molar-refractivity contribution in [1.29, 1.82) is 0 Å². The standard InChI is InChI=1S/C21H16Cl2.C4H8/c1-2-16-12-14-18(15-13-16)21(23,17-8-4-3-5-9-17)19-10-6-7-11-20(19)22;1-3-4-2/h2-15H,1H2;3H,1,4H2,2H3. The Balaban J connectivity index is 0.000000596. The van der Waals surface area contributed by atoms with Crippen LogP contribution in [0.4, 0.5) is 0 Å². The molecular weight excluding hydrogens is 371 g/mol. The van der Waals surface area contributed by atoms with Crippen LogP contribution in [0.5, 0.6) is 0 Å². The maximum Gasteiger partial charge on any atom is 0.121 e. The van der Waals surface area contributed by atoms with Crippen molar-refractivity contribution in [3.8, 4) is 0 Å². The van der Waals surface area contributed by atoms with Gasteiger partial charge in [0.05, 0.1) is 0 Å². The lowest BCUT2D eigenvalue weighted by Crippen LogP contribution is -2.22. The zero-order valence-electron chi connectivity index (χ0n) is 15.5. The highest BCUT2D eigenvalue weighted by atomic mass is 35.5. The molecule has 2 heteroatoms. The van der Waals surface area contributed by atoms with Crippen LogP contribution in [0.1, 0.15) is 35.6 Å². The molecule has 138 valence electrons. The lowest BCUT2D eigenvalue weighted by Gasteiger charge is -2.30. The van der Waals surface area contributed by atoms with E-state index in [1.165, 1.54) is 0 Å². The molecular formula is C25H24Cl2. The zero-order chi connectivity index (χ0) is 19.7. The van der Waals surface area contributed by atoms with Gasteiger partial charge in [0.1, 0.15) is 4.87 Å². The number of halogens is 2. The zero-order valence-corrected chi connectivity index (χ0v) is 17.0. The molecule has 27 heavy (non-hydrogen) atoms. The molecule has 0 nitrogen and oxygen atoms in total. The molecule has 0 radical (unpaired) electrons. The Morgan fingerprint density at radius 2 is 1.33 bits per heavy atom. The van der Waals surface area contributed by atoms with Crippen LogP contribution in [0.25, 0.3) is 6.08 Å². The van der Waals surface area contributed by atoms with E-state index in [-0.39, 0.29) is 0 Å². The fraction of sp³-hybridized carbons (Fsp3) is 0.120. The maximum absolute atomic E-state index is 7.21. The molecule has 1 unspecified atom stereocenters. The van der Waals surface area contributed by atoms with Crippen molar-refractivity contribution in [2.75, 3.05) is 0 Å². The van der Waals surface area contributed by atoms with Crippen molar-refractivity contribution in [1.82, 2.24) is 0 Å². The topological polar surface area (TPSA) is 0 Å². The minimum Gasteiger partial charge on any atom is -0.103 e. The van der Waals surface area contributed by atoms with Gasteiger partial charge in [0.2, 0.25) is 0 Å². The molecule has 0 aliphatic heterocycles. The van der Waals surface area contributed by atoms with Crippen LogP contribution in [0, 0.1) is 0 Å². The number of rotatable bonds is 5. The molecule has 0 saturated carbocycles. The van der Waals surface area contributed by atoms with Crippen LogP contribution in [-0.4, -0.2) is 0 Å². The summed E-state index contributed by atoms with van der Waals surface area (Å²) in [5, 5.41) is 0.652. The second kappa shape index (κ2) is 10.2. The minimum absolute atomic E-state index is 0.652. The van der Waals surface area contributed by atoms with E-state index in [1.54, 1.807) is 0 Å². The molecule has 3 aromatic rings. The van der Waals surface area contributed by atoms with Crippen LogP contribution in [0.15, 0.2) is 98.1 Å². The Kier molecular flexibility index (Phi) is 7.91. The number of benzene rings is 3. The maximum atomic E-state index is 7.21. The van der Waals surface area contributed by atoms with E-state index in [0.717, 1.165) is 28.7 Å². The monoisotopic (exact) mass is 394 g/mol. The second-order valence-corrected chi connectivity index (χ2v) is 7.00. The summed E-state index contributed by atoms with van der Waals surface area (Å²) >= 11 is 13.7. The summed E-state index contributed by atoms with van der Waals surface area (Å²) in [6.07, 6.45) is 4.78. The van der Waals surface area contributed by atoms with Crippen LogP contribution in [0.2, 0.25) is 5.02 Å². The highest BCUT2D eigenvalue weighted by molar-refractivity contribution is 6.34. The average Bonchev–Trinajstić information content (AvgIpc) is 2.74. The summed E-state index contributed by atoms with van der Waals surface area (Å²) < 4.78 is 0. The first-order valence-corrected chi connectivity index (χ1v) is 9.66. The van der Waals surface area contributed by atoms with E-state index in [9.17, 15) is 0 Å². The molecule has 0 aromatic heterocycles. The summed E-state index contributed by atoms with van der Waals surface area (Å²) in [6, 6.07) is 25.8. The van der Waals surface area contributed by atoms with E-state index >= 15 is 0 Å². The third-order valence-corrected chi connectivity index (χ3v) is 5.22. The first-order chi connectivity index (χ1) is 13.1. The highest BCUT2D eigenvalue weighted by Crippen LogP contribution is 2.45. The molecule has 0 aliphatic rings. The highest BCUT2D eigenvalue weighted by Gasteiger charge is 2.35. The van der Waals surface area contributed by atoms with Crippen molar-refractivity contribution in [2.24, 2.45) is 0 Å². The molecule has 0 saturated heterocycles. The van der Waals surface area contributed by atoms with Gasteiger partial charge < -0.3 is 0 Å². The van der Waals surface area contributed by atoms with Crippen molar-refractivity contribution in [3.05, 3.63) is 125 Å². The van der Waals surface area contributed by atoms with Crippen molar-refractivity contribution in [3.63, 3.8) is 0 Å². The lowest BCUT2D eigenvalue weighted by molar-refractivity contribution is 0.879. The van der Waals surface area contributed by atoms with Gasteiger partial charge in [0, 0.05) is 10.6 Å². The third kappa shape index (κ3) is 4.91. The Bertz CT molecular complexity index is 866. The lowest BCUT2D eigenvalue weighted by atomic mass is 9.84. The smallest absolute Gasteiger partial charge is 0.103 e. The second-order valence-electron chi connectivity index (χ2n) is 6.03. The van der Waals surface area contributed by atoms with E-state index in [4.69, 9.17) is 23.2 Å². The van der Waals surface area contributed by atoms with Gasteiger partial charge in [-0.25, -0.2) is 0 Å². The van der Waals surface area contributed by atoms with Crippen LogP contribution < -0.4 is 0 Å². The summed E-state index contributed by atoms with van der Waals surface area (Å²) in [5.41, 5.74) is 3.89. The van der Waals surface area contributed by atoms with Crippen LogP contribution in [0.3, 0.4) is 0 Å². The predicted molar refractivity (Wildman–Crippen MR) is 121 cm³/mol. The number of allylic oxidation sites excluding steroid dienone is 1. The molecule has 0 heterocycles. The molecule has 3 rings (SSSR count). The van der Waals surface area contributed by atoms with E-state index in [1.807, 2.05) is 91.0 Å². The quantitative estimate of drug-likeness (QED) is 0.233. The Labute approximate surface area is 172 Å². The summed E-state index contributed by atoms with van der Waals surface area (Å²) in [4.78, 5) is -0.834. The van der Waals surface area contributed by atoms with Crippen molar-refractivity contribution < 1.29 is 0 Å². The molecule has 1 atom stereocenters. The fourth-order valence-corrected chi connectivity index (χ4v) is 3.48. The molecule has 0 spiro atoms. The molecule has 0 bridgehead atoms. The third-order valence-electron chi connectivity index (χ3n) is 4.25. The first kappa shape index (κ1) is 21.0. The molecule has 3 aromatic carbocycles. The number of alkyl halides is 1. The van der Waals surface area contributed by atoms with E-state index in [2.05, 4.69) is 20.1 Å². The van der Waals surface area contributed by atoms with Crippen molar-refractivity contribution in [2.45, 2.75) is 18.2 Å². The predicted octanol–water partition coefficient (Wildman–Crippen LogP) is 8.10. The van der Waals surface area contributed by atoms with Gasteiger partial charge in [-0.05, 0) is 29.2 Å². The summed E-state index contributed by atoms with van der Waals surface area (Å²) in [7, 11) is 0. The Morgan fingerprint density at radius 1 is 0.815 bits per heavy atom. The summed E-state index contributed by atoms with van der Waals surface area (Å²) in [6.45, 7) is 9.34. The first-order valence-electron chi connectivity index (χ1n) is 8.91. The molecule has 0 amide bonds. The van der Waals surface area contributed by atoms with Gasteiger partial charge in [0.15, 0.2) is 0 Å². The van der Waals surface area contributed by atoms with Crippen LogP contribution in [-0.2, 0) is 4.87 Å². The van der Waals surface area contributed by atoms with E-state index in [0.29, 0.717) is 5.02 Å². The fourth-order valence-electron chi connectivity index (χ4n) is 2.73. The molecule has 0 fully saturated rings. The van der Waals surface area contributed by atoms with Gasteiger partial charge in [0.25, 0.3) is 0 Å². The van der Waals surface area contributed by atoms with Gasteiger partial charge in [-0.1, -0.05) is 110 Å². The summed E-state index contributed by atoms with van der Waals surface area (Å²) in [5.74, 6) is 0. The normalized spacial score (nSPS) is 12.3. The number of hydrogen-bond acceptors (Lipinski definition) is 0. The van der Waals surface area contributed by atoms with Gasteiger partial charge in [-0.2, -0.15) is 0 Å². The minimum atomic E-state index is -0.834. The van der Waals surface area contributed by atoms with Gasteiger partial charge >= 0.3 is 0 Å². The molecule has 0 aliphatic carbocycles. The Hall–Kier alpha value is -2.28. The van der Waals surface area contributed by atoms with Crippen molar-refractivity contribution >= 4 is 29.3 Å². The van der Waals surface area contributed by atoms with Crippen LogP contribution >= 0.6 is 23.2 Å². The van der Waals surface area contributed by atoms with Gasteiger partial charge in [-0.3, -0.25) is 0 Å². The van der Waals surface area contributed by atoms with Gasteiger partial charge in [-0.15, -0.1) is 18.2 Å². The number of hydrogen-bond donors (Lipinski definition) is 0. The average molecular weight is 395 g/mol.